The van der Waals surface area contributed by atoms with Crippen LogP contribution in [0.2, 0.25) is 5.02 Å². The lowest BCUT2D eigenvalue weighted by Crippen LogP contribution is -2.62. The quantitative estimate of drug-likeness (QED) is 0.675. The number of non-ortho nitro benzene ring substituents is 1. The van der Waals surface area contributed by atoms with Crippen molar-refractivity contribution < 1.29 is 10.0 Å². The van der Waals surface area contributed by atoms with Gasteiger partial charge in [-0.2, -0.15) is 0 Å². The van der Waals surface area contributed by atoms with Crippen molar-refractivity contribution in [1.29, 1.82) is 0 Å². The number of nitrogens with zero attached hydrogens (tertiary/aromatic N) is 2. The molecule has 1 saturated heterocycles. The molecule has 98 valence electrons. The maximum absolute atomic E-state index is 10.6. The first-order valence-corrected chi connectivity index (χ1v) is 6.24. The van der Waals surface area contributed by atoms with E-state index in [0.717, 1.165) is 18.5 Å². The number of nitro groups is 1. The van der Waals surface area contributed by atoms with Gasteiger partial charge in [0.1, 0.15) is 0 Å². The monoisotopic (exact) mass is 270 g/mol. The zero-order valence-electron chi connectivity index (χ0n) is 10.1. The van der Waals surface area contributed by atoms with Gasteiger partial charge < -0.3 is 10.0 Å². The largest absolute Gasteiger partial charge is 0.386 e. The molecule has 0 atom stereocenters. The number of nitro benzene ring substituents is 1. The molecule has 1 aliphatic heterocycles. The molecule has 0 bridgehead atoms. The Morgan fingerprint density at radius 2 is 2.22 bits per heavy atom. The van der Waals surface area contributed by atoms with E-state index in [2.05, 4.69) is 0 Å². The summed E-state index contributed by atoms with van der Waals surface area (Å²) < 4.78 is 0. The summed E-state index contributed by atoms with van der Waals surface area (Å²) in [7, 11) is 0. The van der Waals surface area contributed by atoms with Gasteiger partial charge >= 0.3 is 0 Å². The van der Waals surface area contributed by atoms with Crippen molar-refractivity contribution in [3.05, 3.63) is 33.3 Å². The highest BCUT2D eigenvalue weighted by atomic mass is 35.5. The zero-order chi connectivity index (χ0) is 13.3. The average molecular weight is 271 g/mol. The van der Waals surface area contributed by atoms with Gasteiger partial charge in [-0.1, -0.05) is 24.9 Å². The molecule has 0 aromatic heterocycles. The first-order valence-electron chi connectivity index (χ1n) is 5.86. The molecule has 1 aliphatic rings. The van der Waals surface area contributed by atoms with E-state index in [1.54, 1.807) is 6.07 Å². The maximum atomic E-state index is 10.6. The summed E-state index contributed by atoms with van der Waals surface area (Å²) in [6, 6.07) is 4.40. The van der Waals surface area contributed by atoms with Crippen LogP contribution in [0, 0.1) is 10.1 Å². The third kappa shape index (κ3) is 2.42. The molecule has 0 aliphatic carbocycles. The van der Waals surface area contributed by atoms with Crippen LogP contribution in [0.1, 0.15) is 19.8 Å². The maximum Gasteiger partial charge on any atom is 0.271 e. The highest BCUT2D eigenvalue weighted by Gasteiger charge is 2.40. The minimum atomic E-state index is -0.639. The van der Waals surface area contributed by atoms with Crippen molar-refractivity contribution in [2.45, 2.75) is 25.4 Å². The van der Waals surface area contributed by atoms with Crippen LogP contribution >= 0.6 is 11.6 Å². The first kappa shape index (κ1) is 13.1. The van der Waals surface area contributed by atoms with Gasteiger partial charge in [0, 0.05) is 25.2 Å². The van der Waals surface area contributed by atoms with Gasteiger partial charge in [-0.3, -0.25) is 10.1 Å². The smallest absolute Gasteiger partial charge is 0.271 e. The molecule has 1 heterocycles. The number of hydrogen-bond acceptors (Lipinski definition) is 4. The molecule has 1 aromatic rings. The average Bonchev–Trinajstić information content (AvgIpc) is 2.26. The Bertz CT molecular complexity index is 472. The number of β-amino-alcohol motifs (C(OH)–C–C–N with tert-alkyl or cyclic N) is 1. The highest BCUT2D eigenvalue weighted by molar-refractivity contribution is 6.33. The summed E-state index contributed by atoms with van der Waals surface area (Å²) in [5.41, 5.74) is 0.0796. The first-order chi connectivity index (χ1) is 8.45. The Balaban J connectivity index is 2.10. The molecule has 5 nitrogen and oxygen atoms in total. The van der Waals surface area contributed by atoms with Crippen molar-refractivity contribution >= 4 is 23.0 Å². The summed E-state index contributed by atoms with van der Waals surface area (Å²) in [6.07, 6.45) is 1.69. The van der Waals surface area contributed by atoms with Gasteiger partial charge in [-0.25, -0.2) is 0 Å². The number of halogens is 1. The lowest BCUT2D eigenvalue weighted by Gasteiger charge is -2.48. The molecule has 0 unspecified atom stereocenters. The van der Waals surface area contributed by atoms with Crippen molar-refractivity contribution in [2.75, 3.05) is 18.0 Å². The Labute approximate surface area is 110 Å². The third-order valence-electron chi connectivity index (χ3n) is 3.17. The van der Waals surface area contributed by atoms with Gasteiger partial charge in [-0.15, -0.1) is 0 Å². The van der Waals surface area contributed by atoms with Crippen molar-refractivity contribution in [2.24, 2.45) is 0 Å². The summed E-state index contributed by atoms with van der Waals surface area (Å²) in [5.74, 6) is 0. The van der Waals surface area contributed by atoms with Gasteiger partial charge in [0.2, 0.25) is 0 Å². The Morgan fingerprint density at radius 3 is 2.72 bits per heavy atom. The molecular weight excluding hydrogens is 256 g/mol. The van der Waals surface area contributed by atoms with E-state index in [0.29, 0.717) is 18.1 Å². The fourth-order valence-electron chi connectivity index (χ4n) is 2.32. The Hall–Kier alpha value is -1.33. The van der Waals surface area contributed by atoms with E-state index in [9.17, 15) is 15.2 Å². The molecule has 0 amide bonds. The minimum Gasteiger partial charge on any atom is -0.386 e. The van der Waals surface area contributed by atoms with Crippen LogP contribution in [-0.2, 0) is 0 Å². The van der Waals surface area contributed by atoms with E-state index in [1.165, 1.54) is 12.1 Å². The molecule has 2 rings (SSSR count). The summed E-state index contributed by atoms with van der Waals surface area (Å²) >= 11 is 6.02. The predicted octanol–water partition coefficient (Wildman–Crippen LogP) is 2.60. The van der Waals surface area contributed by atoms with Crippen LogP contribution < -0.4 is 4.90 Å². The number of rotatable bonds is 4. The van der Waals surface area contributed by atoms with Gasteiger partial charge in [0.05, 0.1) is 21.2 Å². The number of hydrogen-bond donors (Lipinski definition) is 1. The summed E-state index contributed by atoms with van der Waals surface area (Å²) in [6.45, 7) is 3.08. The predicted molar refractivity (Wildman–Crippen MR) is 70.2 cm³/mol. The molecule has 0 radical (unpaired) electrons. The minimum absolute atomic E-state index is 0.0203. The Morgan fingerprint density at radius 1 is 1.56 bits per heavy atom. The highest BCUT2D eigenvalue weighted by Crippen LogP contribution is 2.36. The standard InChI is InChI=1S/C12H15ClN2O3/c1-2-5-12(16)7-14(8-12)11-4-3-9(15(17)18)6-10(11)13/h3-4,6,16H,2,5,7-8H2,1H3. The molecule has 18 heavy (non-hydrogen) atoms. The molecule has 1 aromatic carbocycles. The fourth-order valence-corrected chi connectivity index (χ4v) is 2.62. The molecule has 1 N–H and O–H groups in total. The molecule has 1 fully saturated rings. The molecule has 6 heteroatoms. The SMILES string of the molecule is CCCC1(O)CN(c2ccc([N+](=O)[O-])cc2Cl)C1. The van der Waals surface area contributed by atoms with E-state index < -0.39 is 10.5 Å². The molecule has 0 saturated carbocycles. The summed E-state index contributed by atoms with van der Waals surface area (Å²) in [5, 5.41) is 21.0. The van der Waals surface area contributed by atoms with E-state index in [-0.39, 0.29) is 5.69 Å². The second-order valence-electron chi connectivity index (χ2n) is 4.72. The second-order valence-corrected chi connectivity index (χ2v) is 5.13. The van der Waals surface area contributed by atoms with Crippen LogP contribution in [0.15, 0.2) is 18.2 Å². The van der Waals surface area contributed by atoms with Crippen LogP contribution in [0.25, 0.3) is 0 Å². The zero-order valence-corrected chi connectivity index (χ0v) is 10.9. The van der Waals surface area contributed by atoms with Crippen molar-refractivity contribution in [3.8, 4) is 0 Å². The summed E-state index contributed by atoms with van der Waals surface area (Å²) in [4.78, 5) is 12.1. The van der Waals surface area contributed by atoms with E-state index in [1.807, 2.05) is 11.8 Å². The van der Waals surface area contributed by atoms with Crippen molar-refractivity contribution in [1.82, 2.24) is 0 Å². The number of aliphatic hydroxyl groups is 1. The third-order valence-corrected chi connectivity index (χ3v) is 3.47. The van der Waals surface area contributed by atoms with Crippen LogP contribution in [0.5, 0.6) is 0 Å². The topological polar surface area (TPSA) is 66.6 Å². The normalized spacial score (nSPS) is 17.4. The van der Waals surface area contributed by atoms with E-state index in [4.69, 9.17) is 11.6 Å². The van der Waals surface area contributed by atoms with Crippen LogP contribution in [-0.4, -0.2) is 28.7 Å². The number of anilines is 1. The van der Waals surface area contributed by atoms with Crippen molar-refractivity contribution in [3.63, 3.8) is 0 Å². The molecular formula is C12H15ClN2O3. The van der Waals surface area contributed by atoms with Crippen LogP contribution in [0.3, 0.4) is 0 Å². The van der Waals surface area contributed by atoms with Gasteiger partial charge in [-0.05, 0) is 12.5 Å². The Kier molecular flexibility index (Phi) is 3.45. The lowest BCUT2D eigenvalue weighted by molar-refractivity contribution is -0.384. The fraction of sp³-hybridized carbons (Fsp3) is 0.500. The lowest BCUT2D eigenvalue weighted by atomic mass is 9.89. The second kappa shape index (κ2) is 4.74. The van der Waals surface area contributed by atoms with Gasteiger partial charge in [0.25, 0.3) is 5.69 Å². The van der Waals surface area contributed by atoms with Crippen LogP contribution in [0.4, 0.5) is 11.4 Å². The molecule has 0 spiro atoms. The van der Waals surface area contributed by atoms with Gasteiger partial charge in [0.15, 0.2) is 0 Å². The number of benzene rings is 1. The van der Waals surface area contributed by atoms with E-state index >= 15 is 0 Å².